The number of rotatable bonds is 8. The van der Waals surface area contributed by atoms with Gasteiger partial charge in [-0.1, -0.05) is 60.7 Å². The van der Waals surface area contributed by atoms with Crippen molar-refractivity contribution in [1.82, 2.24) is 10.6 Å². The molecular weight excluding hydrogens is 300 g/mol. The third-order valence-corrected chi connectivity index (χ3v) is 3.72. The fourth-order valence-corrected chi connectivity index (χ4v) is 2.45. The van der Waals surface area contributed by atoms with Crippen LogP contribution in [0.25, 0.3) is 0 Å². The lowest BCUT2D eigenvalue weighted by Gasteiger charge is -2.14. The minimum Gasteiger partial charge on any atom is -0.356 e. The highest BCUT2D eigenvalue weighted by atomic mass is 16.2. The summed E-state index contributed by atoms with van der Waals surface area (Å²) in [6.07, 6.45) is 1.47. The lowest BCUT2D eigenvalue weighted by Crippen LogP contribution is -2.37. The van der Waals surface area contributed by atoms with Gasteiger partial charge in [-0.15, -0.1) is 0 Å². The average molecular weight is 324 g/mol. The Bertz CT molecular complexity index is 641. The van der Waals surface area contributed by atoms with Gasteiger partial charge >= 0.3 is 0 Å². The van der Waals surface area contributed by atoms with Gasteiger partial charge in [0.05, 0.1) is 12.8 Å². The first kappa shape index (κ1) is 17.7. The van der Waals surface area contributed by atoms with Crippen LogP contribution in [0, 0.1) is 0 Å². The van der Waals surface area contributed by atoms with Crippen LogP contribution in [-0.2, 0) is 22.4 Å². The van der Waals surface area contributed by atoms with Crippen LogP contribution in [0.5, 0.6) is 0 Å². The first-order valence-corrected chi connectivity index (χ1v) is 8.27. The number of carbonyl (C=O) groups excluding carboxylic acids is 2. The van der Waals surface area contributed by atoms with Crippen LogP contribution < -0.4 is 10.6 Å². The summed E-state index contributed by atoms with van der Waals surface area (Å²) >= 11 is 0. The topological polar surface area (TPSA) is 58.2 Å². The van der Waals surface area contributed by atoms with Crippen molar-refractivity contribution in [3.05, 3.63) is 71.8 Å². The van der Waals surface area contributed by atoms with Gasteiger partial charge in [-0.25, -0.2) is 0 Å². The molecule has 0 aliphatic carbocycles. The minimum atomic E-state index is 0.00371. The van der Waals surface area contributed by atoms with E-state index in [1.807, 2.05) is 67.6 Å². The lowest BCUT2D eigenvalue weighted by molar-refractivity contribution is -0.121. The van der Waals surface area contributed by atoms with Crippen LogP contribution in [0.1, 0.15) is 24.5 Å². The van der Waals surface area contributed by atoms with Crippen LogP contribution in [0.15, 0.2) is 60.7 Å². The second kappa shape index (κ2) is 9.50. The van der Waals surface area contributed by atoms with E-state index >= 15 is 0 Å². The molecule has 1 unspecified atom stereocenters. The van der Waals surface area contributed by atoms with Gasteiger partial charge in [-0.2, -0.15) is 0 Å². The van der Waals surface area contributed by atoms with E-state index in [9.17, 15) is 9.59 Å². The van der Waals surface area contributed by atoms with Crippen molar-refractivity contribution in [2.75, 3.05) is 6.54 Å². The molecule has 0 spiro atoms. The van der Waals surface area contributed by atoms with Gasteiger partial charge in [0.2, 0.25) is 11.8 Å². The fraction of sp³-hybridized carbons (Fsp3) is 0.300. The second-order valence-electron chi connectivity index (χ2n) is 5.93. The van der Waals surface area contributed by atoms with E-state index < -0.39 is 0 Å². The highest BCUT2D eigenvalue weighted by Crippen LogP contribution is 2.01. The number of hydrogen-bond acceptors (Lipinski definition) is 2. The van der Waals surface area contributed by atoms with E-state index in [0.717, 1.165) is 11.1 Å². The summed E-state index contributed by atoms with van der Waals surface area (Å²) < 4.78 is 0. The van der Waals surface area contributed by atoms with Crippen molar-refractivity contribution in [1.29, 1.82) is 0 Å². The van der Waals surface area contributed by atoms with Crippen molar-refractivity contribution in [3.8, 4) is 0 Å². The van der Waals surface area contributed by atoms with Crippen LogP contribution in [0.2, 0.25) is 0 Å². The zero-order valence-corrected chi connectivity index (χ0v) is 14.0. The highest BCUT2D eigenvalue weighted by Gasteiger charge is 2.09. The normalized spacial score (nSPS) is 11.5. The molecule has 0 saturated carbocycles. The summed E-state index contributed by atoms with van der Waals surface area (Å²) in [5.41, 5.74) is 2.00. The van der Waals surface area contributed by atoms with E-state index in [1.165, 1.54) is 0 Å². The molecule has 0 fully saturated rings. The SMILES string of the molecule is CC(CCNC(=O)Cc1ccccc1)NC(=O)Cc1ccccc1. The number of hydrogen-bond donors (Lipinski definition) is 2. The zero-order chi connectivity index (χ0) is 17.2. The third kappa shape index (κ3) is 6.65. The van der Waals surface area contributed by atoms with Gasteiger partial charge in [0.25, 0.3) is 0 Å². The lowest BCUT2D eigenvalue weighted by atomic mass is 10.1. The Morgan fingerprint density at radius 3 is 1.88 bits per heavy atom. The van der Waals surface area contributed by atoms with E-state index in [4.69, 9.17) is 0 Å². The van der Waals surface area contributed by atoms with Gasteiger partial charge in [0.1, 0.15) is 0 Å². The summed E-state index contributed by atoms with van der Waals surface area (Å²) in [7, 11) is 0. The van der Waals surface area contributed by atoms with Crippen LogP contribution in [-0.4, -0.2) is 24.4 Å². The van der Waals surface area contributed by atoms with Crippen molar-refractivity contribution in [2.45, 2.75) is 32.2 Å². The predicted octanol–water partition coefficient (Wildman–Crippen LogP) is 2.48. The molecule has 0 aromatic heterocycles. The van der Waals surface area contributed by atoms with E-state index in [1.54, 1.807) is 0 Å². The Morgan fingerprint density at radius 2 is 1.33 bits per heavy atom. The largest absolute Gasteiger partial charge is 0.356 e. The van der Waals surface area contributed by atoms with Crippen molar-refractivity contribution >= 4 is 11.8 Å². The first-order valence-electron chi connectivity index (χ1n) is 8.27. The highest BCUT2D eigenvalue weighted by molar-refractivity contribution is 5.79. The Labute approximate surface area is 143 Å². The first-order chi connectivity index (χ1) is 11.6. The molecule has 1 atom stereocenters. The van der Waals surface area contributed by atoms with Crippen LogP contribution in [0.3, 0.4) is 0 Å². The molecule has 0 heterocycles. The maximum Gasteiger partial charge on any atom is 0.224 e. The van der Waals surface area contributed by atoms with Gasteiger partial charge in [0.15, 0.2) is 0 Å². The Morgan fingerprint density at radius 1 is 0.833 bits per heavy atom. The van der Waals surface area contributed by atoms with Crippen molar-refractivity contribution in [3.63, 3.8) is 0 Å². The molecule has 4 nitrogen and oxygen atoms in total. The van der Waals surface area contributed by atoms with Crippen molar-refractivity contribution in [2.24, 2.45) is 0 Å². The molecule has 0 radical (unpaired) electrons. The number of amides is 2. The predicted molar refractivity (Wildman–Crippen MR) is 95.5 cm³/mol. The summed E-state index contributed by atoms with van der Waals surface area (Å²) in [4.78, 5) is 23.8. The molecule has 2 N–H and O–H groups in total. The Balaban J connectivity index is 1.63. The molecular formula is C20H24N2O2. The van der Waals surface area contributed by atoms with Gasteiger partial charge in [0, 0.05) is 12.6 Å². The maximum absolute atomic E-state index is 12.0. The van der Waals surface area contributed by atoms with Crippen LogP contribution >= 0.6 is 0 Å². The Kier molecular flexibility index (Phi) is 7.02. The molecule has 4 heteroatoms. The summed E-state index contributed by atoms with van der Waals surface area (Å²) in [6, 6.07) is 19.3. The van der Waals surface area contributed by atoms with Gasteiger partial charge in [-0.05, 0) is 24.5 Å². The summed E-state index contributed by atoms with van der Waals surface area (Å²) in [5.74, 6) is 0.00771. The molecule has 0 aliphatic rings. The maximum atomic E-state index is 12.0. The Hall–Kier alpha value is -2.62. The van der Waals surface area contributed by atoms with E-state index in [-0.39, 0.29) is 17.9 Å². The zero-order valence-electron chi connectivity index (χ0n) is 14.0. The molecule has 0 aliphatic heterocycles. The fourth-order valence-electron chi connectivity index (χ4n) is 2.45. The molecule has 126 valence electrons. The second-order valence-corrected chi connectivity index (χ2v) is 5.93. The molecule has 24 heavy (non-hydrogen) atoms. The minimum absolute atomic E-state index is 0.00371. The number of benzene rings is 2. The van der Waals surface area contributed by atoms with E-state index in [0.29, 0.717) is 25.8 Å². The molecule has 0 bridgehead atoms. The summed E-state index contributed by atoms with van der Waals surface area (Å²) in [6.45, 7) is 2.50. The monoisotopic (exact) mass is 324 g/mol. The third-order valence-electron chi connectivity index (χ3n) is 3.72. The molecule has 2 aromatic rings. The number of nitrogens with one attached hydrogen (secondary N) is 2. The average Bonchev–Trinajstić information content (AvgIpc) is 2.56. The van der Waals surface area contributed by atoms with Gasteiger partial charge in [-0.3, -0.25) is 9.59 Å². The summed E-state index contributed by atoms with van der Waals surface area (Å²) in [5, 5.41) is 5.86. The van der Waals surface area contributed by atoms with Crippen LogP contribution in [0.4, 0.5) is 0 Å². The molecule has 2 rings (SSSR count). The molecule has 0 saturated heterocycles. The van der Waals surface area contributed by atoms with Crippen molar-refractivity contribution < 1.29 is 9.59 Å². The smallest absolute Gasteiger partial charge is 0.224 e. The molecule has 2 amide bonds. The quantitative estimate of drug-likeness (QED) is 0.784. The standard InChI is InChI=1S/C20H24N2O2/c1-16(22-20(24)15-18-10-6-3-7-11-18)12-13-21-19(23)14-17-8-4-2-5-9-17/h2-11,16H,12-15H2,1H3,(H,21,23)(H,22,24). The molecule has 2 aromatic carbocycles. The number of carbonyl (C=O) groups is 2. The van der Waals surface area contributed by atoms with Gasteiger partial charge < -0.3 is 10.6 Å². The van der Waals surface area contributed by atoms with E-state index in [2.05, 4.69) is 10.6 Å².